The van der Waals surface area contributed by atoms with E-state index in [-0.39, 0.29) is 26.9 Å². The lowest BCUT2D eigenvalue weighted by Crippen LogP contribution is -2.29. The van der Waals surface area contributed by atoms with Crippen LogP contribution in [0.4, 0.5) is 0 Å². The van der Waals surface area contributed by atoms with E-state index in [2.05, 4.69) is 10.5 Å². The van der Waals surface area contributed by atoms with E-state index in [4.69, 9.17) is 39.6 Å². The highest BCUT2D eigenvalue weighted by Crippen LogP contribution is 2.31. The second-order valence-electron chi connectivity index (χ2n) is 4.04. The van der Waals surface area contributed by atoms with Gasteiger partial charge in [0.15, 0.2) is 5.69 Å². The van der Waals surface area contributed by atoms with Crippen LogP contribution in [0.3, 0.4) is 0 Å². The minimum Gasteiger partial charge on any atom is -0.270 e. The number of carbonyl (C=O) groups is 1. The van der Waals surface area contributed by atoms with Crippen LogP contribution in [-0.4, -0.2) is 17.0 Å². The molecular weight excluding hydrogens is 298 g/mol. The third-order valence-electron chi connectivity index (χ3n) is 2.75. The van der Waals surface area contributed by atoms with Gasteiger partial charge in [0.05, 0.1) is 21.2 Å². The monoisotopic (exact) mass is 308 g/mol. The Labute approximate surface area is 120 Å². The van der Waals surface area contributed by atoms with Gasteiger partial charge in [-0.3, -0.25) is 9.63 Å². The Bertz CT molecular complexity index is 462. The first-order valence-electron chi connectivity index (χ1n) is 5.55. The highest BCUT2D eigenvalue weighted by Gasteiger charge is 2.20. The van der Waals surface area contributed by atoms with Gasteiger partial charge in [0, 0.05) is 6.20 Å². The van der Waals surface area contributed by atoms with Crippen molar-refractivity contribution < 1.29 is 9.63 Å². The summed E-state index contributed by atoms with van der Waals surface area (Å²) in [6, 6.07) is 0. The molecule has 0 bridgehead atoms. The van der Waals surface area contributed by atoms with E-state index in [9.17, 15) is 4.79 Å². The fourth-order valence-electron chi connectivity index (χ4n) is 1.79. The zero-order chi connectivity index (χ0) is 13.1. The Balaban J connectivity index is 2.02. The fraction of sp³-hybridized carbons (Fsp3) is 0.455. The summed E-state index contributed by atoms with van der Waals surface area (Å²) in [4.78, 5) is 20.9. The third kappa shape index (κ3) is 3.06. The summed E-state index contributed by atoms with van der Waals surface area (Å²) in [6.45, 7) is 0. The molecular formula is C11H11Cl3N2O2. The van der Waals surface area contributed by atoms with E-state index in [0.717, 1.165) is 25.7 Å². The Morgan fingerprint density at radius 3 is 2.61 bits per heavy atom. The van der Waals surface area contributed by atoms with Crippen molar-refractivity contribution in [2.45, 2.75) is 31.8 Å². The summed E-state index contributed by atoms with van der Waals surface area (Å²) < 4.78 is 0. The largest absolute Gasteiger partial charge is 0.295 e. The van der Waals surface area contributed by atoms with E-state index < -0.39 is 5.91 Å². The Kier molecular flexibility index (Phi) is 4.67. The molecule has 1 fully saturated rings. The molecule has 1 aromatic heterocycles. The molecule has 1 N–H and O–H groups in total. The molecule has 0 unspecified atom stereocenters. The van der Waals surface area contributed by atoms with Crippen molar-refractivity contribution in [3.05, 3.63) is 27.0 Å². The molecule has 1 saturated carbocycles. The van der Waals surface area contributed by atoms with Crippen LogP contribution in [0.2, 0.25) is 15.1 Å². The van der Waals surface area contributed by atoms with E-state index in [0.29, 0.717) is 0 Å². The van der Waals surface area contributed by atoms with Gasteiger partial charge in [-0.05, 0) is 12.8 Å². The van der Waals surface area contributed by atoms with Gasteiger partial charge in [0.2, 0.25) is 0 Å². The number of hydroxylamine groups is 1. The molecule has 1 heterocycles. The second kappa shape index (κ2) is 6.06. The van der Waals surface area contributed by atoms with Crippen molar-refractivity contribution in [2.75, 3.05) is 0 Å². The predicted molar refractivity (Wildman–Crippen MR) is 70.1 cm³/mol. The van der Waals surface area contributed by atoms with Crippen LogP contribution in [0.15, 0.2) is 6.20 Å². The number of carbonyl (C=O) groups excluding carboxylic acids is 1. The summed E-state index contributed by atoms with van der Waals surface area (Å²) in [5.74, 6) is -0.523. The molecule has 7 heteroatoms. The van der Waals surface area contributed by atoms with Gasteiger partial charge in [0.25, 0.3) is 5.91 Å². The highest BCUT2D eigenvalue weighted by atomic mass is 35.5. The van der Waals surface area contributed by atoms with E-state index in [1.54, 1.807) is 0 Å². The lowest BCUT2D eigenvalue weighted by atomic mass is 10.3. The van der Waals surface area contributed by atoms with Gasteiger partial charge in [-0.1, -0.05) is 47.6 Å². The van der Waals surface area contributed by atoms with E-state index >= 15 is 0 Å². The lowest BCUT2D eigenvalue weighted by molar-refractivity contribution is -0.0127. The molecule has 0 saturated heterocycles. The maximum Gasteiger partial charge on any atom is 0.295 e. The van der Waals surface area contributed by atoms with E-state index in [1.807, 2.05) is 0 Å². The average Bonchev–Trinajstić information content (AvgIpc) is 2.86. The molecule has 0 aromatic carbocycles. The van der Waals surface area contributed by atoms with Crippen LogP contribution in [0, 0.1) is 0 Å². The van der Waals surface area contributed by atoms with Crippen molar-refractivity contribution in [1.82, 2.24) is 10.5 Å². The molecule has 0 radical (unpaired) electrons. The molecule has 98 valence electrons. The number of nitrogens with one attached hydrogen (secondary N) is 1. The summed E-state index contributed by atoms with van der Waals surface area (Å²) in [7, 11) is 0. The van der Waals surface area contributed by atoms with E-state index in [1.165, 1.54) is 6.20 Å². The summed E-state index contributed by atoms with van der Waals surface area (Å²) in [5, 5.41) is 0.339. The third-order valence-corrected chi connectivity index (χ3v) is 3.99. The van der Waals surface area contributed by atoms with Crippen LogP contribution in [0.1, 0.15) is 36.2 Å². The van der Waals surface area contributed by atoms with Crippen LogP contribution < -0.4 is 5.48 Å². The molecule has 1 aromatic rings. The zero-order valence-electron chi connectivity index (χ0n) is 9.38. The topological polar surface area (TPSA) is 51.2 Å². The van der Waals surface area contributed by atoms with Crippen LogP contribution in [0.25, 0.3) is 0 Å². The number of nitrogens with zero attached hydrogens (tertiary/aromatic N) is 1. The van der Waals surface area contributed by atoms with Gasteiger partial charge in [-0.15, -0.1) is 0 Å². The molecule has 0 spiro atoms. The molecule has 0 atom stereocenters. The number of halogens is 3. The molecule has 1 aliphatic carbocycles. The number of hydrogen-bond acceptors (Lipinski definition) is 3. The minimum absolute atomic E-state index is 0.00376. The molecule has 1 amide bonds. The quantitative estimate of drug-likeness (QED) is 0.867. The maximum absolute atomic E-state index is 11.8. The number of aromatic nitrogens is 1. The minimum atomic E-state index is -0.523. The predicted octanol–water partition coefficient (Wildman–Crippen LogP) is 3.65. The Hall–Kier alpha value is -0.550. The van der Waals surface area contributed by atoms with Gasteiger partial charge in [0.1, 0.15) is 0 Å². The number of pyridine rings is 1. The summed E-state index contributed by atoms with van der Waals surface area (Å²) in [6.07, 6.45) is 5.47. The first-order valence-corrected chi connectivity index (χ1v) is 6.68. The van der Waals surface area contributed by atoms with Crippen molar-refractivity contribution in [1.29, 1.82) is 0 Å². The average molecular weight is 310 g/mol. The smallest absolute Gasteiger partial charge is 0.270 e. The van der Waals surface area contributed by atoms with Crippen LogP contribution in [-0.2, 0) is 4.84 Å². The lowest BCUT2D eigenvalue weighted by Gasteiger charge is -2.12. The van der Waals surface area contributed by atoms with Crippen molar-refractivity contribution in [2.24, 2.45) is 0 Å². The van der Waals surface area contributed by atoms with Crippen molar-refractivity contribution >= 4 is 40.7 Å². The standard InChI is InChI=1S/C11H11Cl3N2O2/c12-7-5-15-10(9(14)8(7)13)11(17)16-18-6-3-1-2-4-6/h5-6H,1-4H2,(H,16,17). The highest BCUT2D eigenvalue weighted by molar-refractivity contribution is 6.48. The van der Waals surface area contributed by atoms with Crippen molar-refractivity contribution in [3.63, 3.8) is 0 Å². The second-order valence-corrected chi connectivity index (χ2v) is 5.20. The first-order chi connectivity index (χ1) is 8.59. The molecule has 2 rings (SSSR count). The molecule has 4 nitrogen and oxygen atoms in total. The zero-order valence-corrected chi connectivity index (χ0v) is 11.6. The number of amides is 1. The fourth-order valence-corrected chi connectivity index (χ4v) is 2.36. The van der Waals surface area contributed by atoms with Crippen LogP contribution >= 0.6 is 34.8 Å². The number of rotatable bonds is 3. The Morgan fingerprint density at radius 2 is 1.94 bits per heavy atom. The summed E-state index contributed by atoms with van der Waals surface area (Å²) in [5.41, 5.74) is 2.34. The van der Waals surface area contributed by atoms with Crippen molar-refractivity contribution in [3.8, 4) is 0 Å². The Morgan fingerprint density at radius 1 is 1.28 bits per heavy atom. The van der Waals surface area contributed by atoms with Gasteiger partial charge < -0.3 is 0 Å². The van der Waals surface area contributed by atoms with Crippen LogP contribution in [0.5, 0.6) is 0 Å². The molecule has 18 heavy (non-hydrogen) atoms. The number of hydrogen-bond donors (Lipinski definition) is 1. The molecule has 0 aliphatic heterocycles. The van der Waals surface area contributed by atoms with Gasteiger partial charge >= 0.3 is 0 Å². The molecule has 1 aliphatic rings. The van der Waals surface area contributed by atoms with Gasteiger partial charge in [-0.2, -0.15) is 0 Å². The summed E-state index contributed by atoms with van der Waals surface area (Å²) >= 11 is 17.5. The maximum atomic E-state index is 11.8. The SMILES string of the molecule is O=C(NOC1CCCC1)c1ncc(Cl)c(Cl)c1Cl. The normalized spacial score (nSPS) is 15.9. The first kappa shape index (κ1) is 13.9. The van der Waals surface area contributed by atoms with Gasteiger partial charge in [-0.25, -0.2) is 10.5 Å².